The van der Waals surface area contributed by atoms with Gasteiger partial charge in [0.2, 0.25) is 5.60 Å². The maximum Gasteiger partial charge on any atom is 0.351 e. The molecular formula is C31H27FN4O5. The van der Waals surface area contributed by atoms with Crippen LogP contribution < -0.4 is 11.0 Å². The number of rotatable bonds is 10. The molecule has 1 aliphatic rings. The maximum absolute atomic E-state index is 15.1. The van der Waals surface area contributed by atoms with Crippen LogP contribution in [0.15, 0.2) is 102 Å². The molecule has 0 unspecified atom stereocenters. The van der Waals surface area contributed by atoms with Gasteiger partial charge < -0.3 is 19.5 Å². The van der Waals surface area contributed by atoms with Gasteiger partial charge in [0.05, 0.1) is 26.0 Å². The molecule has 3 aromatic carbocycles. The fourth-order valence-corrected chi connectivity index (χ4v) is 4.55. The van der Waals surface area contributed by atoms with Gasteiger partial charge in [-0.1, -0.05) is 78.9 Å². The number of carbonyl (C=O) groups excluding carboxylic acids is 1. The van der Waals surface area contributed by atoms with Crippen LogP contribution in [-0.4, -0.2) is 33.8 Å². The number of aromatic nitrogens is 2. The molecule has 41 heavy (non-hydrogen) atoms. The van der Waals surface area contributed by atoms with Gasteiger partial charge in [0.25, 0.3) is 5.91 Å². The molecule has 1 saturated heterocycles. The Kier molecular flexibility index (Phi) is 8.60. The second kappa shape index (κ2) is 12.7. The molecular weight excluding hydrogens is 527 g/mol. The van der Waals surface area contributed by atoms with E-state index in [2.05, 4.69) is 16.4 Å². The molecule has 9 nitrogen and oxygen atoms in total. The Hall–Kier alpha value is -4.69. The molecule has 0 saturated carbocycles. The normalized spacial score (nSPS) is 19.9. The van der Waals surface area contributed by atoms with Crippen molar-refractivity contribution in [3.63, 3.8) is 0 Å². The first-order valence-corrected chi connectivity index (χ1v) is 13.0. The first kappa shape index (κ1) is 27.9. The van der Waals surface area contributed by atoms with Crippen molar-refractivity contribution in [1.82, 2.24) is 9.55 Å². The zero-order valence-corrected chi connectivity index (χ0v) is 22.0. The van der Waals surface area contributed by atoms with Crippen LogP contribution in [0.3, 0.4) is 0 Å². The summed E-state index contributed by atoms with van der Waals surface area (Å²) in [6.07, 6.45) is -0.899. The summed E-state index contributed by atoms with van der Waals surface area (Å²) in [5, 5.41) is 12.6. The van der Waals surface area contributed by atoms with Gasteiger partial charge in [-0.2, -0.15) is 10.2 Å². The van der Waals surface area contributed by atoms with Gasteiger partial charge in [-0.05, 0) is 23.3 Å². The van der Waals surface area contributed by atoms with E-state index >= 15 is 4.39 Å². The van der Waals surface area contributed by atoms with Gasteiger partial charge in [0.15, 0.2) is 11.6 Å². The minimum Gasteiger partial charge on any atom is -0.373 e. The minimum atomic E-state index is -1.58. The highest BCUT2D eigenvalue weighted by molar-refractivity contribution is 6.03. The molecule has 0 spiro atoms. The highest BCUT2D eigenvalue weighted by Crippen LogP contribution is 2.39. The predicted molar refractivity (Wildman–Crippen MR) is 147 cm³/mol. The molecule has 0 aliphatic carbocycles. The molecule has 1 aliphatic heterocycles. The maximum atomic E-state index is 15.1. The molecule has 1 fully saturated rings. The second-order valence-corrected chi connectivity index (χ2v) is 9.52. The van der Waals surface area contributed by atoms with E-state index in [9.17, 15) is 14.9 Å². The van der Waals surface area contributed by atoms with Crippen molar-refractivity contribution in [2.75, 3.05) is 11.9 Å². The van der Waals surface area contributed by atoms with Gasteiger partial charge in [-0.3, -0.25) is 9.36 Å². The Balaban J connectivity index is 1.36. The third-order valence-corrected chi connectivity index (χ3v) is 6.68. The average molecular weight is 555 g/mol. The Labute approximate surface area is 235 Å². The van der Waals surface area contributed by atoms with Crippen LogP contribution in [-0.2, 0) is 27.4 Å². The van der Waals surface area contributed by atoms with E-state index in [1.165, 1.54) is 0 Å². The lowest BCUT2D eigenvalue weighted by atomic mass is 9.99. The summed E-state index contributed by atoms with van der Waals surface area (Å²) < 4.78 is 34.1. The third kappa shape index (κ3) is 6.56. The molecule has 5 rings (SSSR count). The third-order valence-electron chi connectivity index (χ3n) is 6.68. The predicted octanol–water partition coefficient (Wildman–Crippen LogP) is 4.62. The van der Waals surface area contributed by atoms with Crippen LogP contribution >= 0.6 is 0 Å². The Morgan fingerprint density at radius 1 is 1.02 bits per heavy atom. The number of nitriles is 1. The summed E-state index contributed by atoms with van der Waals surface area (Å²) in [5.74, 6) is -2.05. The van der Waals surface area contributed by atoms with E-state index in [1.54, 1.807) is 30.3 Å². The second-order valence-electron chi connectivity index (χ2n) is 9.52. The molecule has 0 bridgehead atoms. The number of benzene rings is 3. The van der Waals surface area contributed by atoms with Gasteiger partial charge in [0.1, 0.15) is 18.4 Å². The average Bonchev–Trinajstić information content (AvgIpc) is 3.37. The van der Waals surface area contributed by atoms with E-state index in [4.69, 9.17) is 14.2 Å². The standard InChI is InChI=1S/C31H27FN4O5/c32-25-17-36(30(38)35-28(25)34-29(37)24-14-8-3-9-15-24)27-16-26(40-19-23-12-6-2-7-13-23)31(20-33,41-27)21-39-18-22-10-4-1-5-11-22/h1-15,17,26-27H,16,18-19,21H2,(H,34,35,37,38)/t26-,27+,31+/m0/s1. The summed E-state index contributed by atoms with van der Waals surface area (Å²) in [7, 11) is 0. The zero-order chi connectivity index (χ0) is 28.7. The number of anilines is 1. The first-order chi connectivity index (χ1) is 20.0. The van der Waals surface area contributed by atoms with Crippen molar-refractivity contribution in [3.05, 3.63) is 130 Å². The number of nitrogens with zero attached hydrogens (tertiary/aromatic N) is 3. The van der Waals surface area contributed by atoms with E-state index in [0.29, 0.717) is 0 Å². The number of nitrogens with one attached hydrogen (secondary N) is 1. The lowest BCUT2D eigenvalue weighted by Crippen LogP contribution is -2.44. The number of amides is 1. The van der Waals surface area contributed by atoms with Crippen molar-refractivity contribution in [3.8, 4) is 6.07 Å². The van der Waals surface area contributed by atoms with E-state index in [0.717, 1.165) is 21.9 Å². The summed E-state index contributed by atoms with van der Waals surface area (Å²) in [6, 6.07) is 29.2. The largest absolute Gasteiger partial charge is 0.373 e. The Morgan fingerprint density at radius 2 is 1.63 bits per heavy atom. The minimum absolute atomic E-state index is 0.0613. The number of hydrogen-bond donors (Lipinski definition) is 1. The molecule has 3 atom stereocenters. The van der Waals surface area contributed by atoms with Gasteiger partial charge in [-0.25, -0.2) is 9.18 Å². The van der Waals surface area contributed by atoms with Crippen molar-refractivity contribution < 1.29 is 23.4 Å². The molecule has 1 amide bonds. The van der Waals surface area contributed by atoms with Crippen molar-refractivity contribution in [1.29, 1.82) is 5.26 Å². The van der Waals surface area contributed by atoms with Crippen molar-refractivity contribution >= 4 is 11.7 Å². The number of hydrogen-bond acceptors (Lipinski definition) is 7. The van der Waals surface area contributed by atoms with E-state index < -0.39 is 41.2 Å². The Bertz CT molecular complexity index is 1580. The number of halogens is 1. The van der Waals surface area contributed by atoms with Crippen LogP contribution in [0.25, 0.3) is 0 Å². The summed E-state index contributed by atoms with van der Waals surface area (Å²) in [4.78, 5) is 29.2. The molecule has 4 aromatic rings. The topological polar surface area (TPSA) is 115 Å². The lowest BCUT2D eigenvalue weighted by Gasteiger charge is -2.27. The van der Waals surface area contributed by atoms with Gasteiger partial charge in [-0.15, -0.1) is 0 Å². The summed E-state index contributed by atoms with van der Waals surface area (Å²) in [6.45, 7) is 0.273. The fourth-order valence-electron chi connectivity index (χ4n) is 4.55. The number of ether oxygens (including phenoxy) is 3. The smallest absolute Gasteiger partial charge is 0.351 e. The quantitative estimate of drug-likeness (QED) is 0.304. The fraction of sp³-hybridized carbons (Fsp3) is 0.226. The summed E-state index contributed by atoms with van der Waals surface area (Å²) >= 11 is 0. The first-order valence-electron chi connectivity index (χ1n) is 13.0. The highest BCUT2D eigenvalue weighted by atomic mass is 19.1. The van der Waals surface area contributed by atoms with Gasteiger partial charge in [0, 0.05) is 12.0 Å². The summed E-state index contributed by atoms with van der Waals surface area (Å²) in [5.41, 5.74) is -0.362. The SMILES string of the molecule is N#C[C@]1(COCc2ccccc2)O[C@@H](n2cc(F)c(NC(=O)c3ccccc3)nc2=O)C[C@@H]1OCc1ccccc1. The van der Waals surface area contributed by atoms with Crippen molar-refractivity contribution in [2.45, 2.75) is 37.6 Å². The molecule has 1 aromatic heterocycles. The van der Waals surface area contributed by atoms with E-state index in [1.807, 2.05) is 60.7 Å². The van der Waals surface area contributed by atoms with Crippen LogP contribution in [0.5, 0.6) is 0 Å². The van der Waals surface area contributed by atoms with E-state index in [-0.39, 0.29) is 31.8 Å². The Morgan fingerprint density at radius 3 is 2.27 bits per heavy atom. The monoisotopic (exact) mass is 554 g/mol. The van der Waals surface area contributed by atoms with Crippen LogP contribution in [0.2, 0.25) is 0 Å². The van der Waals surface area contributed by atoms with Crippen LogP contribution in [0, 0.1) is 17.1 Å². The molecule has 10 heteroatoms. The van der Waals surface area contributed by atoms with Crippen molar-refractivity contribution in [2.24, 2.45) is 0 Å². The lowest BCUT2D eigenvalue weighted by molar-refractivity contribution is -0.125. The van der Waals surface area contributed by atoms with Crippen LogP contribution in [0.4, 0.5) is 10.2 Å². The van der Waals surface area contributed by atoms with Gasteiger partial charge >= 0.3 is 5.69 Å². The molecule has 2 heterocycles. The molecule has 0 radical (unpaired) electrons. The molecule has 208 valence electrons. The zero-order valence-electron chi connectivity index (χ0n) is 22.0. The molecule has 1 N–H and O–H groups in total. The number of carbonyl (C=O) groups is 1. The van der Waals surface area contributed by atoms with Crippen LogP contribution in [0.1, 0.15) is 34.1 Å². The highest BCUT2D eigenvalue weighted by Gasteiger charge is 2.51.